The molecule has 228 valence electrons. The molecule has 11 heteroatoms. The molecular weight excluding hydrogens is 547 g/mol. The molecule has 0 spiro atoms. The van der Waals surface area contributed by atoms with Gasteiger partial charge < -0.3 is 29.0 Å². The van der Waals surface area contributed by atoms with Gasteiger partial charge in [0.1, 0.15) is 53.9 Å². The van der Waals surface area contributed by atoms with Gasteiger partial charge in [0, 0.05) is 24.6 Å². The van der Waals surface area contributed by atoms with Crippen molar-refractivity contribution < 1.29 is 42.5 Å². The van der Waals surface area contributed by atoms with Crippen LogP contribution < -0.4 is 19.5 Å². The maximum Gasteiger partial charge on any atom is 0.410 e. The van der Waals surface area contributed by atoms with E-state index >= 15 is 0 Å². The minimum Gasteiger partial charge on any atom is -0.490 e. The molecule has 4 rings (SSSR count). The number of aryl methyl sites for hydroxylation is 2. The van der Waals surface area contributed by atoms with Crippen LogP contribution in [0.3, 0.4) is 0 Å². The van der Waals surface area contributed by atoms with Crippen LogP contribution in [0.1, 0.15) is 62.0 Å². The number of halogens is 1. The van der Waals surface area contributed by atoms with Crippen molar-refractivity contribution in [2.45, 2.75) is 77.7 Å². The zero-order valence-corrected chi connectivity index (χ0v) is 25.0. The van der Waals surface area contributed by atoms with E-state index in [-0.39, 0.29) is 42.2 Å². The van der Waals surface area contributed by atoms with E-state index in [1.165, 1.54) is 7.11 Å². The van der Waals surface area contributed by atoms with Crippen LogP contribution in [0.2, 0.25) is 0 Å². The fourth-order valence-electron chi connectivity index (χ4n) is 4.94. The fourth-order valence-corrected chi connectivity index (χ4v) is 4.94. The van der Waals surface area contributed by atoms with E-state index in [0.717, 1.165) is 16.8 Å². The molecule has 1 saturated heterocycles. The molecule has 1 fully saturated rings. The number of rotatable bonds is 9. The highest BCUT2D eigenvalue weighted by atomic mass is 19.1. The number of methoxy groups -OCH3 is 1. The number of nitrogens with one attached hydrogen (secondary N) is 1. The molecule has 0 unspecified atom stereocenters. The Morgan fingerprint density at radius 2 is 1.88 bits per heavy atom. The van der Waals surface area contributed by atoms with Gasteiger partial charge in [0.15, 0.2) is 0 Å². The molecule has 0 aliphatic carbocycles. The highest BCUT2D eigenvalue weighted by Gasteiger charge is 2.39. The minimum atomic E-state index is -0.782. The van der Waals surface area contributed by atoms with Crippen LogP contribution in [0.15, 0.2) is 30.3 Å². The maximum atomic E-state index is 13.2. The van der Waals surface area contributed by atoms with Gasteiger partial charge in [0.05, 0.1) is 19.7 Å². The first kappa shape index (κ1) is 30.9. The molecule has 0 radical (unpaired) electrons. The average Bonchev–Trinajstić information content (AvgIpc) is 3.32. The molecule has 0 aromatic heterocycles. The largest absolute Gasteiger partial charge is 0.490 e. The second-order valence-corrected chi connectivity index (χ2v) is 11.7. The van der Waals surface area contributed by atoms with E-state index in [1.807, 2.05) is 12.1 Å². The number of nitrogens with zero attached hydrogens (tertiary/aromatic N) is 1. The number of hydrogen-bond acceptors (Lipinski definition) is 8. The molecule has 2 aromatic carbocycles. The number of anilines is 1. The lowest BCUT2D eigenvalue weighted by Gasteiger charge is -2.28. The Morgan fingerprint density at radius 3 is 2.57 bits per heavy atom. The standard InChI is InChI=1S/C31H39FN2O8/c1-18-11-25(28(29(36)38-6)26(12-18)40-19(2)15-32)39-17-21-13-23(16-34(21)30(37)42-31(3,4)5)41-22-9-7-20-8-10-27(35)33-24(20)14-22/h7,9,11-12,14,19,21,23H,8,10,13,15-17H2,1-6H3,(H,33,35)/t19-,21+,23-/m0/s1. The summed E-state index contributed by atoms with van der Waals surface area (Å²) < 4.78 is 41.9. The van der Waals surface area contributed by atoms with Gasteiger partial charge >= 0.3 is 12.1 Å². The van der Waals surface area contributed by atoms with Crippen LogP contribution >= 0.6 is 0 Å². The molecule has 0 saturated carbocycles. The molecule has 2 heterocycles. The van der Waals surface area contributed by atoms with Crippen molar-refractivity contribution in [2.75, 3.05) is 32.3 Å². The third-order valence-corrected chi connectivity index (χ3v) is 6.86. The van der Waals surface area contributed by atoms with Gasteiger partial charge in [-0.05, 0) is 70.4 Å². The molecule has 2 aliphatic heterocycles. The number of hydrogen-bond donors (Lipinski definition) is 1. The van der Waals surface area contributed by atoms with E-state index < -0.39 is 36.5 Å². The molecule has 1 N–H and O–H groups in total. The van der Waals surface area contributed by atoms with Crippen LogP contribution in [0, 0.1) is 6.92 Å². The molecule has 0 bridgehead atoms. The van der Waals surface area contributed by atoms with Gasteiger partial charge in [0.2, 0.25) is 5.91 Å². The van der Waals surface area contributed by atoms with E-state index in [4.69, 9.17) is 23.7 Å². The van der Waals surface area contributed by atoms with Crippen molar-refractivity contribution in [2.24, 2.45) is 0 Å². The number of fused-ring (bicyclic) bond motifs is 1. The van der Waals surface area contributed by atoms with Crippen LogP contribution in [-0.4, -0.2) is 73.7 Å². The molecular formula is C31H39FN2O8. The molecule has 3 atom stereocenters. The number of esters is 1. The lowest BCUT2D eigenvalue weighted by Crippen LogP contribution is -2.42. The van der Waals surface area contributed by atoms with Gasteiger partial charge in [-0.3, -0.25) is 9.69 Å². The highest BCUT2D eigenvalue weighted by Crippen LogP contribution is 2.34. The number of amides is 2. The summed E-state index contributed by atoms with van der Waals surface area (Å²) in [5.74, 6) is 0.188. The maximum absolute atomic E-state index is 13.2. The van der Waals surface area contributed by atoms with E-state index in [1.54, 1.807) is 57.7 Å². The van der Waals surface area contributed by atoms with Crippen molar-refractivity contribution in [3.05, 3.63) is 47.0 Å². The summed E-state index contributed by atoms with van der Waals surface area (Å²) in [4.78, 5) is 39.4. The molecule has 2 amide bonds. The van der Waals surface area contributed by atoms with Crippen LogP contribution in [0.5, 0.6) is 17.2 Å². The normalized spacial score (nSPS) is 18.9. The summed E-state index contributed by atoms with van der Waals surface area (Å²) in [5, 5.41) is 2.88. The Hall–Kier alpha value is -4.02. The first-order chi connectivity index (χ1) is 19.9. The second-order valence-electron chi connectivity index (χ2n) is 11.7. The summed E-state index contributed by atoms with van der Waals surface area (Å²) in [6, 6.07) is 8.42. The smallest absolute Gasteiger partial charge is 0.410 e. The van der Waals surface area contributed by atoms with Crippen molar-refractivity contribution in [1.82, 2.24) is 4.90 Å². The fraction of sp³-hybridized carbons (Fsp3) is 0.516. The van der Waals surface area contributed by atoms with Crippen LogP contribution in [0.4, 0.5) is 14.9 Å². The van der Waals surface area contributed by atoms with Gasteiger partial charge in [-0.15, -0.1) is 0 Å². The predicted molar refractivity (Wildman–Crippen MR) is 153 cm³/mol. The number of ether oxygens (including phenoxy) is 5. The summed E-state index contributed by atoms with van der Waals surface area (Å²) in [6.07, 6.45) is -0.143. The topological polar surface area (TPSA) is 113 Å². The number of benzene rings is 2. The Morgan fingerprint density at radius 1 is 1.14 bits per heavy atom. The van der Waals surface area contributed by atoms with Crippen molar-refractivity contribution in [3.8, 4) is 17.2 Å². The Kier molecular flexibility index (Phi) is 9.48. The average molecular weight is 587 g/mol. The SMILES string of the molecule is COC(=O)c1c(OC[C@H]2C[C@H](Oc3ccc4c(c3)NC(=O)CC4)CN2C(=O)OC(C)(C)C)cc(C)cc1O[C@@H](C)CF. The quantitative estimate of drug-likeness (QED) is 0.397. The zero-order chi connectivity index (χ0) is 30.6. The Bertz CT molecular complexity index is 1320. The minimum absolute atomic E-state index is 0.0188. The van der Waals surface area contributed by atoms with Gasteiger partial charge in [-0.25, -0.2) is 14.0 Å². The first-order valence-electron chi connectivity index (χ1n) is 14.0. The third kappa shape index (κ3) is 7.63. The van der Waals surface area contributed by atoms with Gasteiger partial charge in [0.25, 0.3) is 0 Å². The number of carbonyl (C=O) groups is 3. The number of carbonyl (C=O) groups excluding carboxylic acids is 3. The summed E-state index contributed by atoms with van der Waals surface area (Å²) in [5.41, 5.74) is 1.81. The second kappa shape index (κ2) is 12.9. The Labute approximate surface area is 245 Å². The van der Waals surface area contributed by atoms with Crippen molar-refractivity contribution in [1.29, 1.82) is 0 Å². The third-order valence-electron chi connectivity index (χ3n) is 6.86. The van der Waals surface area contributed by atoms with Crippen molar-refractivity contribution in [3.63, 3.8) is 0 Å². The highest BCUT2D eigenvalue weighted by molar-refractivity contribution is 5.96. The van der Waals surface area contributed by atoms with Crippen molar-refractivity contribution >= 4 is 23.7 Å². The summed E-state index contributed by atoms with van der Waals surface area (Å²) >= 11 is 0. The Balaban J connectivity index is 1.56. The number of alkyl halides is 1. The lowest BCUT2D eigenvalue weighted by atomic mass is 10.0. The molecule has 10 nitrogen and oxygen atoms in total. The molecule has 2 aliphatic rings. The summed E-state index contributed by atoms with van der Waals surface area (Å²) in [6.45, 7) is 8.24. The molecule has 42 heavy (non-hydrogen) atoms. The van der Waals surface area contributed by atoms with Gasteiger partial charge in [-0.1, -0.05) is 6.07 Å². The molecule has 2 aromatic rings. The number of likely N-dealkylation sites (tertiary alicyclic amines) is 1. The predicted octanol–water partition coefficient (Wildman–Crippen LogP) is 5.24. The summed E-state index contributed by atoms with van der Waals surface area (Å²) in [7, 11) is 1.24. The lowest BCUT2D eigenvalue weighted by molar-refractivity contribution is -0.116. The van der Waals surface area contributed by atoms with E-state index in [2.05, 4.69) is 5.32 Å². The monoisotopic (exact) mass is 586 g/mol. The van der Waals surface area contributed by atoms with Crippen LogP contribution in [0.25, 0.3) is 0 Å². The van der Waals surface area contributed by atoms with Gasteiger partial charge in [-0.2, -0.15) is 0 Å². The zero-order valence-electron chi connectivity index (χ0n) is 25.0. The van der Waals surface area contributed by atoms with Crippen LogP contribution in [-0.2, 0) is 20.7 Å². The first-order valence-corrected chi connectivity index (χ1v) is 14.0. The van der Waals surface area contributed by atoms with E-state index in [0.29, 0.717) is 25.0 Å². The van der Waals surface area contributed by atoms with E-state index in [9.17, 15) is 18.8 Å².